The minimum Gasteiger partial charge on any atom is -0.318 e. The minimum atomic E-state index is -0.182. The average molecular weight is 228 g/mol. The molecule has 1 aromatic heterocycles. The van der Waals surface area contributed by atoms with Gasteiger partial charge >= 0.3 is 0 Å². The van der Waals surface area contributed by atoms with Crippen LogP contribution >= 0.6 is 0 Å². The van der Waals surface area contributed by atoms with Gasteiger partial charge in [0.15, 0.2) is 5.82 Å². The van der Waals surface area contributed by atoms with E-state index in [0.717, 1.165) is 17.2 Å². The van der Waals surface area contributed by atoms with Crippen molar-refractivity contribution in [2.24, 2.45) is 5.73 Å². The fraction of sp³-hybridized carbons (Fsp3) is 0.385. The lowest BCUT2D eigenvalue weighted by Crippen LogP contribution is -2.18. The first-order valence-corrected chi connectivity index (χ1v) is 5.99. The highest BCUT2D eigenvalue weighted by molar-refractivity contribution is 5.25. The summed E-state index contributed by atoms with van der Waals surface area (Å²) in [7, 11) is 0. The van der Waals surface area contributed by atoms with Crippen LogP contribution in [0.1, 0.15) is 42.1 Å². The van der Waals surface area contributed by atoms with Crippen LogP contribution in [-0.2, 0) is 0 Å². The highest BCUT2D eigenvalue weighted by Crippen LogP contribution is 2.37. The van der Waals surface area contributed by atoms with Crippen molar-refractivity contribution in [3.05, 3.63) is 47.5 Å². The molecule has 0 aliphatic heterocycles. The lowest BCUT2D eigenvalue weighted by Gasteiger charge is -2.13. The molecular formula is C13H16N4. The molecule has 0 radical (unpaired) electrons. The van der Waals surface area contributed by atoms with E-state index in [1.807, 2.05) is 37.3 Å². The Bertz CT molecular complexity index is 513. The molecule has 1 fully saturated rings. The first kappa shape index (κ1) is 10.5. The Labute approximate surface area is 100 Å². The van der Waals surface area contributed by atoms with Gasteiger partial charge in [-0.3, -0.25) is 0 Å². The number of hydrogen-bond acceptors (Lipinski definition) is 3. The van der Waals surface area contributed by atoms with E-state index in [9.17, 15) is 0 Å². The molecule has 1 saturated carbocycles. The highest BCUT2D eigenvalue weighted by Gasteiger charge is 2.30. The zero-order valence-electron chi connectivity index (χ0n) is 9.87. The Morgan fingerprint density at radius 3 is 2.59 bits per heavy atom. The molecule has 4 nitrogen and oxygen atoms in total. The van der Waals surface area contributed by atoms with Crippen molar-refractivity contribution in [1.29, 1.82) is 0 Å². The lowest BCUT2D eigenvalue weighted by atomic mass is 10.1. The monoisotopic (exact) mass is 228 g/mol. The molecule has 0 spiro atoms. The molecule has 1 aliphatic rings. The predicted octanol–water partition coefficient (Wildman–Crippen LogP) is 1.97. The molecule has 0 saturated heterocycles. The van der Waals surface area contributed by atoms with Crippen molar-refractivity contribution < 1.29 is 0 Å². The SMILES string of the molecule is Cc1nnc([C@H](N)c2ccccc2)n1C1CC1. The van der Waals surface area contributed by atoms with Gasteiger partial charge in [0, 0.05) is 6.04 Å². The molecule has 4 heteroatoms. The Morgan fingerprint density at radius 2 is 1.94 bits per heavy atom. The fourth-order valence-electron chi connectivity index (χ4n) is 2.19. The zero-order valence-corrected chi connectivity index (χ0v) is 9.87. The normalized spacial score (nSPS) is 17.1. The molecule has 1 aliphatic carbocycles. The summed E-state index contributed by atoms with van der Waals surface area (Å²) >= 11 is 0. The summed E-state index contributed by atoms with van der Waals surface area (Å²) < 4.78 is 2.19. The van der Waals surface area contributed by atoms with Gasteiger partial charge in [-0.2, -0.15) is 0 Å². The van der Waals surface area contributed by atoms with Crippen molar-refractivity contribution in [2.45, 2.75) is 31.8 Å². The van der Waals surface area contributed by atoms with E-state index < -0.39 is 0 Å². The van der Waals surface area contributed by atoms with Crippen LogP contribution in [0.4, 0.5) is 0 Å². The van der Waals surface area contributed by atoms with Crippen molar-refractivity contribution in [3.8, 4) is 0 Å². The molecular weight excluding hydrogens is 212 g/mol. The molecule has 1 aromatic carbocycles. The van der Waals surface area contributed by atoms with Gasteiger partial charge in [0.25, 0.3) is 0 Å². The van der Waals surface area contributed by atoms with Gasteiger partial charge in [0.05, 0.1) is 6.04 Å². The van der Waals surface area contributed by atoms with Crippen LogP contribution in [0.25, 0.3) is 0 Å². The second-order valence-electron chi connectivity index (χ2n) is 4.59. The molecule has 3 rings (SSSR count). The number of nitrogens with two attached hydrogens (primary N) is 1. The van der Waals surface area contributed by atoms with Crippen LogP contribution in [0.3, 0.4) is 0 Å². The van der Waals surface area contributed by atoms with Crippen LogP contribution < -0.4 is 5.73 Å². The highest BCUT2D eigenvalue weighted by atomic mass is 15.3. The molecule has 0 bridgehead atoms. The third kappa shape index (κ3) is 1.85. The van der Waals surface area contributed by atoms with Gasteiger partial charge in [-0.1, -0.05) is 30.3 Å². The van der Waals surface area contributed by atoms with Gasteiger partial charge in [0.2, 0.25) is 0 Å². The maximum absolute atomic E-state index is 6.27. The van der Waals surface area contributed by atoms with Crippen LogP contribution in [0, 0.1) is 6.92 Å². The molecule has 2 N–H and O–H groups in total. The fourth-order valence-corrected chi connectivity index (χ4v) is 2.19. The van der Waals surface area contributed by atoms with E-state index in [2.05, 4.69) is 14.8 Å². The first-order valence-electron chi connectivity index (χ1n) is 5.99. The van der Waals surface area contributed by atoms with E-state index in [-0.39, 0.29) is 6.04 Å². The molecule has 88 valence electrons. The minimum absolute atomic E-state index is 0.182. The Balaban J connectivity index is 1.99. The lowest BCUT2D eigenvalue weighted by molar-refractivity contribution is 0.630. The van der Waals surface area contributed by atoms with Gasteiger partial charge in [0.1, 0.15) is 5.82 Å². The smallest absolute Gasteiger partial charge is 0.154 e. The number of benzene rings is 1. The molecule has 1 atom stereocenters. The van der Waals surface area contributed by atoms with E-state index in [1.54, 1.807) is 0 Å². The number of aromatic nitrogens is 3. The first-order chi connectivity index (χ1) is 8.27. The number of nitrogens with zero attached hydrogens (tertiary/aromatic N) is 3. The maximum atomic E-state index is 6.27. The van der Waals surface area contributed by atoms with E-state index in [4.69, 9.17) is 5.73 Å². The second kappa shape index (κ2) is 3.96. The van der Waals surface area contributed by atoms with Gasteiger partial charge in [-0.15, -0.1) is 10.2 Å². The van der Waals surface area contributed by atoms with Crippen LogP contribution in [-0.4, -0.2) is 14.8 Å². The standard InChI is InChI=1S/C13H16N4/c1-9-15-16-13(17(9)11-7-8-11)12(14)10-5-3-2-4-6-10/h2-6,11-12H,7-8,14H2,1H3/t12-/m1/s1. The quantitative estimate of drug-likeness (QED) is 0.873. The summed E-state index contributed by atoms with van der Waals surface area (Å²) in [5.74, 6) is 1.85. The number of aryl methyl sites for hydroxylation is 1. The van der Waals surface area contributed by atoms with Crippen LogP contribution in [0.2, 0.25) is 0 Å². The topological polar surface area (TPSA) is 56.7 Å². The van der Waals surface area contributed by atoms with Crippen molar-refractivity contribution in [1.82, 2.24) is 14.8 Å². The number of rotatable bonds is 3. The summed E-state index contributed by atoms with van der Waals surface area (Å²) in [6.07, 6.45) is 2.43. The third-order valence-corrected chi connectivity index (χ3v) is 3.24. The average Bonchev–Trinajstić information content (AvgIpc) is 3.13. The summed E-state index contributed by atoms with van der Waals surface area (Å²) in [4.78, 5) is 0. The third-order valence-electron chi connectivity index (χ3n) is 3.24. The summed E-state index contributed by atoms with van der Waals surface area (Å²) in [5.41, 5.74) is 7.36. The van der Waals surface area contributed by atoms with Crippen molar-refractivity contribution >= 4 is 0 Å². The number of hydrogen-bond donors (Lipinski definition) is 1. The van der Waals surface area contributed by atoms with Crippen LogP contribution in [0.5, 0.6) is 0 Å². The van der Waals surface area contributed by atoms with Gasteiger partial charge in [-0.05, 0) is 25.3 Å². The maximum Gasteiger partial charge on any atom is 0.154 e. The summed E-state index contributed by atoms with van der Waals surface area (Å²) in [5, 5.41) is 8.40. The van der Waals surface area contributed by atoms with Gasteiger partial charge in [-0.25, -0.2) is 0 Å². The van der Waals surface area contributed by atoms with E-state index in [1.165, 1.54) is 12.8 Å². The Morgan fingerprint density at radius 1 is 1.24 bits per heavy atom. The molecule has 1 heterocycles. The second-order valence-corrected chi connectivity index (χ2v) is 4.59. The molecule has 0 amide bonds. The zero-order chi connectivity index (χ0) is 11.8. The molecule has 0 unspecified atom stereocenters. The molecule has 17 heavy (non-hydrogen) atoms. The summed E-state index contributed by atoms with van der Waals surface area (Å²) in [6, 6.07) is 10.4. The Kier molecular flexibility index (Phi) is 2.44. The van der Waals surface area contributed by atoms with Gasteiger partial charge < -0.3 is 10.3 Å². The molecule has 2 aromatic rings. The predicted molar refractivity (Wildman–Crippen MR) is 65.5 cm³/mol. The van der Waals surface area contributed by atoms with Crippen molar-refractivity contribution in [2.75, 3.05) is 0 Å². The van der Waals surface area contributed by atoms with Crippen LogP contribution in [0.15, 0.2) is 30.3 Å². The van der Waals surface area contributed by atoms with E-state index in [0.29, 0.717) is 6.04 Å². The summed E-state index contributed by atoms with van der Waals surface area (Å²) in [6.45, 7) is 1.99. The Hall–Kier alpha value is -1.68. The largest absolute Gasteiger partial charge is 0.318 e. The van der Waals surface area contributed by atoms with Crippen molar-refractivity contribution in [3.63, 3.8) is 0 Å². The van der Waals surface area contributed by atoms with E-state index >= 15 is 0 Å².